The topological polar surface area (TPSA) is 79.2 Å². The maximum Gasteiger partial charge on any atom is 0.573 e. The van der Waals surface area contributed by atoms with Gasteiger partial charge >= 0.3 is 18.7 Å². The van der Waals surface area contributed by atoms with Crippen LogP contribution in [0.1, 0.15) is 11.1 Å². The zero-order valence-corrected chi connectivity index (χ0v) is 16.4. The Kier molecular flexibility index (Phi) is 6.93. The summed E-state index contributed by atoms with van der Waals surface area (Å²) in [6.07, 6.45) is -15.0. The predicted octanol–water partition coefficient (Wildman–Crippen LogP) is 5.87. The fraction of sp³-hybridized carbons (Fsp3) is 0.167. The average Bonchev–Trinajstić information content (AvgIpc) is 2.66. The molecule has 2 rings (SSSR count). The van der Waals surface area contributed by atoms with E-state index in [1.165, 1.54) is 6.07 Å². The summed E-state index contributed by atoms with van der Waals surface area (Å²) in [4.78, 5) is -1.83. The normalized spacial score (nSPS) is 13.4. The number of sulfone groups is 1. The lowest BCUT2D eigenvalue weighted by molar-refractivity contribution is -0.274. The molecule has 0 radical (unpaired) electrons. The number of ether oxygens (including phenoxy) is 1. The first-order valence-electron chi connectivity index (χ1n) is 8.21. The zero-order valence-electron chi connectivity index (χ0n) is 15.6. The van der Waals surface area contributed by atoms with Crippen molar-refractivity contribution in [2.45, 2.75) is 23.6 Å². The smallest absolute Gasteiger partial charge is 0.406 e. The first-order chi connectivity index (χ1) is 14.9. The highest BCUT2D eigenvalue weighted by molar-refractivity contribution is 7.95. The Labute approximate surface area is 179 Å². The van der Waals surface area contributed by atoms with E-state index in [0.717, 1.165) is 0 Å². The molecule has 178 valence electrons. The van der Waals surface area contributed by atoms with Crippen molar-refractivity contribution in [2.75, 3.05) is 5.32 Å². The molecule has 0 fully saturated rings. The number of nitrogens with one attached hydrogen (secondary N) is 1. The van der Waals surface area contributed by atoms with Gasteiger partial charge in [-0.05, 0) is 42.5 Å². The molecule has 0 spiro atoms. The summed E-state index contributed by atoms with van der Waals surface area (Å²) in [7, 11) is -4.70. The van der Waals surface area contributed by atoms with E-state index in [0.29, 0.717) is 30.5 Å². The SMILES string of the molecule is N#CC(=CNc1cc(C(F)(F)F)cc(C(F)(F)F)c1)S(=O)(=O)c1ccc(OC(F)(F)F)cc1. The highest BCUT2D eigenvalue weighted by atomic mass is 32.2. The molecule has 0 aliphatic heterocycles. The van der Waals surface area contributed by atoms with Crippen molar-refractivity contribution < 1.29 is 52.7 Å². The Morgan fingerprint density at radius 2 is 1.36 bits per heavy atom. The van der Waals surface area contributed by atoms with E-state index >= 15 is 0 Å². The number of nitriles is 1. The monoisotopic (exact) mass is 504 g/mol. The molecule has 2 aromatic rings. The quantitative estimate of drug-likeness (QED) is 0.407. The van der Waals surface area contributed by atoms with Crippen LogP contribution >= 0.6 is 0 Å². The third-order valence-electron chi connectivity index (χ3n) is 3.72. The zero-order chi connectivity index (χ0) is 25.2. The lowest BCUT2D eigenvalue weighted by atomic mass is 10.1. The van der Waals surface area contributed by atoms with Crippen molar-refractivity contribution in [3.8, 4) is 11.8 Å². The van der Waals surface area contributed by atoms with E-state index in [9.17, 15) is 47.9 Å². The molecule has 33 heavy (non-hydrogen) atoms. The van der Waals surface area contributed by atoms with Crippen molar-refractivity contribution in [3.63, 3.8) is 0 Å². The van der Waals surface area contributed by atoms with Crippen LogP contribution in [0.4, 0.5) is 45.2 Å². The summed E-state index contributed by atoms with van der Waals surface area (Å²) >= 11 is 0. The van der Waals surface area contributed by atoms with Crippen LogP contribution in [0.5, 0.6) is 5.75 Å². The number of halogens is 9. The maximum absolute atomic E-state index is 12.9. The Bertz CT molecular complexity index is 1160. The number of benzene rings is 2. The first kappa shape index (κ1) is 25.8. The van der Waals surface area contributed by atoms with Gasteiger partial charge in [0.25, 0.3) is 0 Å². The van der Waals surface area contributed by atoms with Gasteiger partial charge in [0.05, 0.1) is 16.0 Å². The molecule has 2 aromatic carbocycles. The second-order valence-corrected chi connectivity index (χ2v) is 8.00. The van der Waals surface area contributed by atoms with Crippen LogP contribution in [-0.4, -0.2) is 14.8 Å². The molecule has 15 heteroatoms. The lowest BCUT2D eigenvalue weighted by Gasteiger charge is -2.14. The van der Waals surface area contributed by atoms with Gasteiger partial charge in [0.1, 0.15) is 11.8 Å². The second-order valence-electron chi connectivity index (χ2n) is 6.08. The molecule has 5 nitrogen and oxygen atoms in total. The third kappa shape index (κ3) is 6.78. The van der Waals surface area contributed by atoms with E-state index < -0.39 is 60.9 Å². The van der Waals surface area contributed by atoms with Gasteiger partial charge in [0, 0.05) is 11.9 Å². The Hall–Kier alpha value is -3.41. The van der Waals surface area contributed by atoms with E-state index in [4.69, 9.17) is 5.26 Å². The van der Waals surface area contributed by atoms with Gasteiger partial charge in [-0.1, -0.05) is 0 Å². The molecular weight excluding hydrogens is 495 g/mol. The summed E-state index contributed by atoms with van der Waals surface area (Å²) in [5.41, 5.74) is -4.20. The van der Waals surface area contributed by atoms with Gasteiger partial charge in [0.15, 0.2) is 4.91 Å². The molecule has 0 saturated heterocycles. The average molecular weight is 504 g/mol. The Morgan fingerprint density at radius 3 is 1.76 bits per heavy atom. The maximum atomic E-state index is 12.9. The molecule has 1 N–H and O–H groups in total. The summed E-state index contributed by atoms with van der Waals surface area (Å²) in [6, 6.07) is 4.16. The van der Waals surface area contributed by atoms with Crippen molar-refractivity contribution in [3.05, 3.63) is 64.7 Å². The predicted molar refractivity (Wildman–Crippen MR) is 94.1 cm³/mol. The molecule has 0 aliphatic carbocycles. The molecule has 0 aromatic heterocycles. The highest BCUT2D eigenvalue weighted by Crippen LogP contribution is 2.37. The summed E-state index contributed by atoms with van der Waals surface area (Å²) in [5, 5.41) is 11.0. The first-order valence-corrected chi connectivity index (χ1v) is 9.69. The van der Waals surface area contributed by atoms with E-state index in [1.54, 1.807) is 0 Å². The molecule has 0 heterocycles. The van der Waals surface area contributed by atoms with Gasteiger partial charge in [0.2, 0.25) is 9.84 Å². The summed E-state index contributed by atoms with van der Waals surface area (Å²) < 4.78 is 143. The molecule has 0 aliphatic rings. The van der Waals surface area contributed by atoms with Crippen molar-refractivity contribution in [1.29, 1.82) is 5.26 Å². The molecule has 0 unspecified atom stereocenters. The highest BCUT2D eigenvalue weighted by Gasteiger charge is 2.37. The Balaban J connectivity index is 2.41. The van der Waals surface area contributed by atoms with E-state index in [1.807, 2.05) is 5.32 Å². The van der Waals surface area contributed by atoms with Gasteiger partial charge in [-0.2, -0.15) is 31.6 Å². The Morgan fingerprint density at radius 1 is 0.879 bits per heavy atom. The largest absolute Gasteiger partial charge is 0.573 e. The standard InChI is InChI=1S/C18H9F9N2O3S/c19-16(20,21)10-5-11(17(22,23)24)7-12(6-10)29-9-15(8-28)33(30,31)14-3-1-13(2-4-14)32-18(25,26)27/h1-7,9,29H. The van der Waals surface area contributed by atoms with Crippen LogP contribution in [0.15, 0.2) is 58.5 Å². The molecular formula is C18H9F9N2O3S. The number of anilines is 1. The van der Waals surface area contributed by atoms with Gasteiger partial charge in [-0.15, -0.1) is 13.2 Å². The van der Waals surface area contributed by atoms with Crippen LogP contribution in [0, 0.1) is 11.3 Å². The number of alkyl halides is 9. The van der Waals surface area contributed by atoms with Crippen molar-refractivity contribution in [2.24, 2.45) is 0 Å². The minimum absolute atomic E-state index is 0.151. The van der Waals surface area contributed by atoms with Crippen LogP contribution in [-0.2, 0) is 22.2 Å². The molecule has 0 atom stereocenters. The van der Waals surface area contributed by atoms with Gasteiger partial charge in [-0.3, -0.25) is 0 Å². The number of nitrogens with zero attached hydrogens (tertiary/aromatic N) is 1. The minimum Gasteiger partial charge on any atom is -0.406 e. The van der Waals surface area contributed by atoms with Gasteiger partial charge < -0.3 is 10.1 Å². The fourth-order valence-corrected chi connectivity index (χ4v) is 3.39. The van der Waals surface area contributed by atoms with E-state index in [2.05, 4.69) is 4.74 Å². The number of allylic oxidation sites excluding steroid dienone is 1. The van der Waals surface area contributed by atoms with Crippen LogP contribution in [0.3, 0.4) is 0 Å². The van der Waals surface area contributed by atoms with Crippen molar-refractivity contribution in [1.82, 2.24) is 0 Å². The van der Waals surface area contributed by atoms with Gasteiger partial charge in [-0.25, -0.2) is 8.42 Å². The number of hydrogen-bond donors (Lipinski definition) is 1. The fourth-order valence-electron chi connectivity index (χ4n) is 2.30. The van der Waals surface area contributed by atoms with Crippen LogP contribution in [0.2, 0.25) is 0 Å². The minimum atomic E-state index is -5.16. The second kappa shape index (κ2) is 8.85. The molecule has 0 saturated carbocycles. The lowest BCUT2D eigenvalue weighted by Crippen LogP contribution is -2.17. The van der Waals surface area contributed by atoms with Crippen LogP contribution < -0.4 is 10.1 Å². The van der Waals surface area contributed by atoms with Crippen molar-refractivity contribution >= 4 is 15.5 Å². The molecule has 0 amide bonds. The van der Waals surface area contributed by atoms with E-state index in [-0.39, 0.29) is 18.2 Å². The number of rotatable bonds is 5. The molecule has 0 bridgehead atoms. The summed E-state index contributed by atoms with van der Waals surface area (Å²) in [6.45, 7) is 0. The number of hydrogen-bond acceptors (Lipinski definition) is 5. The van der Waals surface area contributed by atoms with Crippen LogP contribution in [0.25, 0.3) is 0 Å². The third-order valence-corrected chi connectivity index (χ3v) is 5.41. The summed E-state index contributed by atoms with van der Waals surface area (Å²) in [5.74, 6) is -0.772.